The topological polar surface area (TPSA) is 42.1 Å². The van der Waals surface area contributed by atoms with E-state index in [2.05, 4.69) is 50.0 Å². The van der Waals surface area contributed by atoms with Gasteiger partial charge in [0, 0.05) is 29.4 Å². The Balaban J connectivity index is 2.55. The molecule has 1 heterocycles. The van der Waals surface area contributed by atoms with Crippen molar-refractivity contribution in [2.75, 3.05) is 14.1 Å². The number of nitrogens with two attached hydrogens (primary N) is 1. The Labute approximate surface area is 109 Å². The van der Waals surface area contributed by atoms with Crippen molar-refractivity contribution in [3.63, 3.8) is 0 Å². The molecule has 0 spiro atoms. The molecule has 2 rings (SSSR count). The van der Waals surface area contributed by atoms with Crippen molar-refractivity contribution in [2.45, 2.75) is 25.4 Å². The first-order chi connectivity index (χ1) is 8.44. The van der Waals surface area contributed by atoms with Crippen LogP contribution in [0.3, 0.4) is 0 Å². The zero-order chi connectivity index (χ0) is 13.3. The normalized spacial score (nSPS) is 14.1. The molecule has 0 radical (unpaired) electrons. The maximum absolute atomic E-state index is 6.48. The summed E-state index contributed by atoms with van der Waals surface area (Å²) in [6, 6.07) is 8.22. The molecule has 0 aliphatic carbocycles. The molecule has 1 aromatic heterocycles. The lowest BCUT2D eigenvalue weighted by Crippen LogP contribution is -2.47. The smallest absolute Gasteiger partial charge is 0.0482 e. The van der Waals surface area contributed by atoms with Gasteiger partial charge in [0.15, 0.2) is 0 Å². The average molecular weight is 243 g/mol. The summed E-state index contributed by atoms with van der Waals surface area (Å²) in [4.78, 5) is 6.32. The molecule has 96 valence electrons. The first-order valence-corrected chi connectivity index (χ1v) is 6.20. The minimum Gasteiger partial charge on any atom is -0.322 e. The third-order valence-corrected chi connectivity index (χ3v) is 3.96. The molecule has 1 aromatic carbocycles. The van der Waals surface area contributed by atoms with Crippen LogP contribution < -0.4 is 5.73 Å². The molecule has 3 nitrogen and oxygen atoms in total. The lowest BCUT2D eigenvalue weighted by molar-refractivity contribution is 0.159. The van der Waals surface area contributed by atoms with Crippen LogP contribution in [0, 0.1) is 0 Å². The van der Waals surface area contributed by atoms with Gasteiger partial charge in [-0.25, -0.2) is 0 Å². The van der Waals surface area contributed by atoms with Crippen LogP contribution in [0.5, 0.6) is 0 Å². The predicted octanol–water partition coefficient (Wildman–Crippen LogP) is 2.57. The molecule has 2 N–H and O–H groups in total. The summed E-state index contributed by atoms with van der Waals surface area (Å²) >= 11 is 0. The number of pyridine rings is 1. The summed E-state index contributed by atoms with van der Waals surface area (Å²) in [6.45, 7) is 4.33. The van der Waals surface area contributed by atoms with Crippen LogP contribution in [0.15, 0.2) is 36.7 Å². The minimum atomic E-state index is -0.0996. The van der Waals surface area contributed by atoms with E-state index in [4.69, 9.17) is 5.73 Å². The van der Waals surface area contributed by atoms with E-state index in [0.717, 1.165) is 5.39 Å². The highest BCUT2D eigenvalue weighted by Crippen LogP contribution is 2.31. The van der Waals surface area contributed by atoms with Crippen molar-refractivity contribution < 1.29 is 0 Å². The van der Waals surface area contributed by atoms with E-state index >= 15 is 0 Å². The highest BCUT2D eigenvalue weighted by molar-refractivity contribution is 5.85. The molecule has 0 saturated carbocycles. The molecule has 0 fully saturated rings. The lowest BCUT2D eigenvalue weighted by Gasteiger charge is -2.38. The minimum absolute atomic E-state index is 0.0430. The largest absolute Gasteiger partial charge is 0.322 e. The summed E-state index contributed by atoms with van der Waals surface area (Å²) in [5.74, 6) is 0. The fourth-order valence-electron chi connectivity index (χ4n) is 2.08. The number of hydrogen-bond acceptors (Lipinski definition) is 3. The fourth-order valence-corrected chi connectivity index (χ4v) is 2.08. The Morgan fingerprint density at radius 1 is 1.22 bits per heavy atom. The fraction of sp³-hybridized carbons (Fsp3) is 0.400. The monoisotopic (exact) mass is 243 g/mol. The van der Waals surface area contributed by atoms with Gasteiger partial charge < -0.3 is 10.6 Å². The summed E-state index contributed by atoms with van der Waals surface area (Å²) < 4.78 is 0. The summed E-state index contributed by atoms with van der Waals surface area (Å²) in [7, 11) is 4.12. The molecule has 1 unspecified atom stereocenters. The quantitative estimate of drug-likeness (QED) is 0.901. The maximum Gasteiger partial charge on any atom is 0.0482 e. The lowest BCUT2D eigenvalue weighted by atomic mass is 9.86. The number of rotatable bonds is 3. The first-order valence-electron chi connectivity index (χ1n) is 6.20. The van der Waals surface area contributed by atoms with Crippen LogP contribution in [0.2, 0.25) is 0 Å². The Morgan fingerprint density at radius 3 is 2.61 bits per heavy atom. The van der Waals surface area contributed by atoms with E-state index in [1.54, 1.807) is 0 Å². The average Bonchev–Trinajstić information content (AvgIpc) is 2.37. The molecule has 0 amide bonds. The number of nitrogens with zero attached hydrogens (tertiary/aromatic N) is 2. The summed E-state index contributed by atoms with van der Waals surface area (Å²) in [5, 5.41) is 2.33. The number of fused-ring (bicyclic) bond motifs is 1. The van der Waals surface area contributed by atoms with Gasteiger partial charge in [0.2, 0.25) is 0 Å². The third-order valence-electron chi connectivity index (χ3n) is 3.96. The van der Waals surface area contributed by atoms with Crippen LogP contribution in [0.4, 0.5) is 0 Å². The second-order valence-electron chi connectivity index (χ2n) is 5.47. The van der Waals surface area contributed by atoms with Gasteiger partial charge in [-0.05, 0) is 45.0 Å². The van der Waals surface area contributed by atoms with Crippen LogP contribution >= 0.6 is 0 Å². The van der Waals surface area contributed by atoms with E-state index in [1.807, 2.05) is 24.5 Å². The van der Waals surface area contributed by atoms with Crippen molar-refractivity contribution in [2.24, 2.45) is 5.73 Å². The van der Waals surface area contributed by atoms with Gasteiger partial charge in [-0.15, -0.1) is 0 Å². The number of aromatic nitrogens is 1. The second kappa shape index (κ2) is 4.67. The number of hydrogen-bond donors (Lipinski definition) is 1. The van der Waals surface area contributed by atoms with Crippen molar-refractivity contribution >= 4 is 10.8 Å². The van der Waals surface area contributed by atoms with E-state index in [-0.39, 0.29) is 11.6 Å². The van der Waals surface area contributed by atoms with Crippen molar-refractivity contribution in [3.05, 3.63) is 42.2 Å². The molecule has 1 atom stereocenters. The maximum atomic E-state index is 6.48. The molecule has 2 aromatic rings. The van der Waals surface area contributed by atoms with Crippen LogP contribution in [0.1, 0.15) is 25.5 Å². The molecule has 18 heavy (non-hydrogen) atoms. The Morgan fingerprint density at radius 2 is 1.94 bits per heavy atom. The van der Waals surface area contributed by atoms with Crippen molar-refractivity contribution in [3.8, 4) is 0 Å². The van der Waals surface area contributed by atoms with Crippen molar-refractivity contribution in [1.29, 1.82) is 0 Å². The molecule has 0 aliphatic heterocycles. The first kappa shape index (κ1) is 13.0. The van der Waals surface area contributed by atoms with Gasteiger partial charge in [0.05, 0.1) is 0 Å². The van der Waals surface area contributed by atoms with Gasteiger partial charge in [-0.1, -0.05) is 18.2 Å². The molecule has 0 bridgehead atoms. The van der Waals surface area contributed by atoms with Crippen LogP contribution in [-0.2, 0) is 0 Å². The third kappa shape index (κ3) is 2.11. The van der Waals surface area contributed by atoms with Crippen molar-refractivity contribution in [1.82, 2.24) is 9.88 Å². The van der Waals surface area contributed by atoms with E-state index < -0.39 is 0 Å². The molecular formula is C15H21N3. The second-order valence-corrected chi connectivity index (χ2v) is 5.47. The molecule has 0 aliphatic rings. The standard InChI is InChI=1S/C15H21N3/c1-15(2,18(3)4)14(16)13-7-5-6-11-10-17-9-8-12(11)13/h5-10,14H,16H2,1-4H3. The Hall–Kier alpha value is -1.45. The van der Waals surface area contributed by atoms with E-state index in [9.17, 15) is 0 Å². The summed E-state index contributed by atoms with van der Waals surface area (Å²) in [5.41, 5.74) is 7.55. The van der Waals surface area contributed by atoms with Gasteiger partial charge in [-0.3, -0.25) is 4.98 Å². The van der Waals surface area contributed by atoms with Gasteiger partial charge in [-0.2, -0.15) is 0 Å². The Kier molecular flexibility index (Phi) is 3.37. The number of benzene rings is 1. The van der Waals surface area contributed by atoms with E-state index in [0.29, 0.717) is 0 Å². The summed E-state index contributed by atoms with van der Waals surface area (Å²) in [6.07, 6.45) is 3.70. The van der Waals surface area contributed by atoms with Gasteiger partial charge >= 0.3 is 0 Å². The molecule has 0 saturated heterocycles. The van der Waals surface area contributed by atoms with E-state index in [1.165, 1.54) is 10.9 Å². The van der Waals surface area contributed by atoms with Crippen LogP contribution in [0.25, 0.3) is 10.8 Å². The van der Waals surface area contributed by atoms with Gasteiger partial charge in [0.25, 0.3) is 0 Å². The predicted molar refractivity (Wildman–Crippen MR) is 76.4 cm³/mol. The number of likely N-dealkylation sites (N-methyl/N-ethyl adjacent to an activating group) is 1. The van der Waals surface area contributed by atoms with Gasteiger partial charge in [0.1, 0.15) is 0 Å². The van der Waals surface area contributed by atoms with Crippen LogP contribution in [-0.4, -0.2) is 29.5 Å². The molecular weight excluding hydrogens is 222 g/mol. The highest BCUT2D eigenvalue weighted by Gasteiger charge is 2.30. The zero-order valence-corrected chi connectivity index (χ0v) is 11.5. The molecule has 3 heteroatoms. The zero-order valence-electron chi connectivity index (χ0n) is 11.5. The Bertz CT molecular complexity index is 541. The highest BCUT2D eigenvalue weighted by atomic mass is 15.2. The SMILES string of the molecule is CN(C)C(C)(C)C(N)c1cccc2cnccc12.